The summed E-state index contributed by atoms with van der Waals surface area (Å²) in [6.45, 7) is 0. The molecule has 0 fully saturated rings. The van der Waals surface area contributed by atoms with Crippen LogP contribution in [0.25, 0.3) is 0 Å². The molecule has 0 aliphatic rings. The lowest BCUT2D eigenvalue weighted by Gasteiger charge is -2.11. The average Bonchev–Trinajstić information content (AvgIpc) is 2.63. The smallest absolute Gasteiger partial charge is 0.0839 e. The fourth-order valence-corrected chi connectivity index (χ4v) is 3.63. The highest BCUT2D eigenvalue weighted by Gasteiger charge is 2.13. The van der Waals surface area contributed by atoms with E-state index in [-0.39, 0.29) is 0 Å². The zero-order valence-corrected chi connectivity index (χ0v) is 12.6. The minimum Gasteiger partial charge on any atom is -0.388 e. The summed E-state index contributed by atoms with van der Waals surface area (Å²) in [7, 11) is 0. The van der Waals surface area contributed by atoms with Crippen molar-refractivity contribution in [2.75, 3.05) is 0 Å². The molecule has 0 radical (unpaired) electrons. The molecule has 17 heavy (non-hydrogen) atoms. The van der Waals surface area contributed by atoms with Crippen LogP contribution in [0, 0.1) is 0 Å². The van der Waals surface area contributed by atoms with E-state index in [4.69, 9.17) is 23.2 Å². The van der Waals surface area contributed by atoms with Gasteiger partial charge in [-0.1, -0.05) is 23.2 Å². The van der Waals surface area contributed by atoms with Crippen LogP contribution in [0.2, 0.25) is 10.0 Å². The van der Waals surface area contributed by atoms with Gasteiger partial charge in [-0.3, -0.25) is 0 Å². The first-order valence-corrected chi connectivity index (χ1v) is 7.35. The number of aliphatic hydroxyl groups excluding tert-OH is 1. The zero-order chi connectivity index (χ0) is 12.4. The van der Waals surface area contributed by atoms with Crippen molar-refractivity contribution in [3.05, 3.63) is 54.6 Å². The molecule has 1 aromatic heterocycles. The Balaban J connectivity index is 2.20. The summed E-state index contributed by atoms with van der Waals surface area (Å²) in [4.78, 5) is 1.11. The van der Waals surface area contributed by atoms with Crippen LogP contribution in [0.1, 0.15) is 16.5 Å². The van der Waals surface area contributed by atoms with E-state index in [2.05, 4.69) is 15.9 Å². The van der Waals surface area contributed by atoms with Crippen molar-refractivity contribution in [3.63, 3.8) is 0 Å². The first-order chi connectivity index (χ1) is 8.06. The standard InChI is InChI=1S/C12H9BrCl2OS/c13-10-1-2-17-12(10)6-11(16)7-3-8(14)5-9(15)4-7/h1-5,11,16H,6H2. The first kappa shape index (κ1) is 13.4. The van der Waals surface area contributed by atoms with Crippen molar-refractivity contribution in [2.24, 2.45) is 0 Å². The van der Waals surface area contributed by atoms with Gasteiger partial charge in [0.25, 0.3) is 0 Å². The molecule has 0 amide bonds. The summed E-state index contributed by atoms with van der Waals surface area (Å²) in [5.41, 5.74) is 0.739. The Bertz CT molecular complexity index is 507. The summed E-state index contributed by atoms with van der Waals surface area (Å²) in [5, 5.41) is 13.2. The molecule has 1 heterocycles. The van der Waals surface area contributed by atoms with Crippen LogP contribution in [-0.2, 0) is 6.42 Å². The number of aliphatic hydroxyl groups is 1. The van der Waals surface area contributed by atoms with Gasteiger partial charge in [0.1, 0.15) is 0 Å². The summed E-state index contributed by atoms with van der Waals surface area (Å²) in [6, 6.07) is 7.09. The van der Waals surface area contributed by atoms with Crippen LogP contribution in [-0.4, -0.2) is 5.11 Å². The number of benzene rings is 1. The Morgan fingerprint density at radius 1 is 1.24 bits per heavy atom. The Kier molecular flexibility index (Phi) is 4.50. The monoisotopic (exact) mass is 350 g/mol. The number of thiophene rings is 1. The van der Waals surface area contributed by atoms with Gasteiger partial charge in [-0.15, -0.1) is 11.3 Å². The fourth-order valence-electron chi connectivity index (χ4n) is 1.53. The van der Waals surface area contributed by atoms with Crippen LogP contribution < -0.4 is 0 Å². The van der Waals surface area contributed by atoms with Crippen molar-refractivity contribution >= 4 is 50.5 Å². The molecule has 1 nitrogen and oxygen atoms in total. The number of hydrogen-bond acceptors (Lipinski definition) is 2. The first-order valence-electron chi connectivity index (χ1n) is 4.92. The largest absolute Gasteiger partial charge is 0.388 e. The molecule has 0 aliphatic carbocycles. The molecule has 0 aliphatic heterocycles. The summed E-state index contributed by atoms with van der Waals surface area (Å²) < 4.78 is 1.02. The van der Waals surface area contributed by atoms with Crippen molar-refractivity contribution < 1.29 is 5.11 Å². The number of halogens is 3. The maximum absolute atomic E-state index is 10.1. The zero-order valence-electron chi connectivity index (χ0n) is 8.66. The van der Waals surface area contributed by atoms with E-state index in [0.29, 0.717) is 16.5 Å². The molecule has 1 aromatic carbocycles. The summed E-state index contributed by atoms with van der Waals surface area (Å²) in [5.74, 6) is 0. The maximum atomic E-state index is 10.1. The molecule has 2 rings (SSSR count). The topological polar surface area (TPSA) is 20.2 Å². The van der Waals surface area contributed by atoms with Crippen LogP contribution >= 0.6 is 50.5 Å². The van der Waals surface area contributed by atoms with Gasteiger partial charge in [-0.05, 0) is 51.1 Å². The molecule has 2 aromatic rings. The number of rotatable bonds is 3. The van der Waals surface area contributed by atoms with Crippen LogP contribution in [0.15, 0.2) is 34.1 Å². The highest BCUT2D eigenvalue weighted by molar-refractivity contribution is 9.10. The van der Waals surface area contributed by atoms with Crippen LogP contribution in [0.5, 0.6) is 0 Å². The van der Waals surface area contributed by atoms with Crippen molar-refractivity contribution in [2.45, 2.75) is 12.5 Å². The van der Waals surface area contributed by atoms with Gasteiger partial charge in [0.05, 0.1) is 6.10 Å². The predicted molar refractivity (Wildman–Crippen MR) is 77.1 cm³/mol. The second-order valence-corrected chi connectivity index (χ2v) is 6.34. The number of hydrogen-bond donors (Lipinski definition) is 1. The van der Waals surface area contributed by atoms with E-state index in [1.165, 1.54) is 0 Å². The molecule has 5 heteroatoms. The summed E-state index contributed by atoms with van der Waals surface area (Å²) >= 11 is 16.9. The predicted octanol–water partition coefficient (Wildman–Crippen LogP) is 5.09. The molecule has 0 saturated heterocycles. The molecular formula is C12H9BrCl2OS. The Morgan fingerprint density at radius 3 is 2.41 bits per heavy atom. The normalized spacial score (nSPS) is 12.7. The van der Waals surface area contributed by atoms with E-state index < -0.39 is 6.10 Å². The van der Waals surface area contributed by atoms with E-state index in [9.17, 15) is 5.11 Å². The highest BCUT2D eigenvalue weighted by Crippen LogP contribution is 2.30. The molecule has 1 N–H and O–H groups in total. The van der Waals surface area contributed by atoms with Crippen LogP contribution in [0.3, 0.4) is 0 Å². The van der Waals surface area contributed by atoms with Crippen molar-refractivity contribution in [1.82, 2.24) is 0 Å². The molecule has 0 bridgehead atoms. The van der Waals surface area contributed by atoms with Gasteiger partial charge < -0.3 is 5.11 Å². The lowest BCUT2D eigenvalue weighted by Crippen LogP contribution is -2.01. The van der Waals surface area contributed by atoms with Gasteiger partial charge in [0.15, 0.2) is 0 Å². The quantitative estimate of drug-likeness (QED) is 0.816. The Labute approximate surface area is 122 Å². The third kappa shape index (κ3) is 3.46. The van der Waals surface area contributed by atoms with E-state index >= 15 is 0 Å². The van der Waals surface area contributed by atoms with Gasteiger partial charge in [0, 0.05) is 25.8 Å². The van der Waals surface area contributed by atoms with Gasteiger partial charge in [-0.25, -0.2) is 0 Å². The maximum Gasteiger partial charge on any atom is 0.0839 e. The Hall–Kier alpha value is -0.0600. The second-order valence-electron chi connectivity index (χ2n) is 3.61. The lowest BCUT2D eigenvalue weighted by atomic mass is 10.1. The second kappa shape index (κ2) is 5.72. The summed E-state index contributed by atoms with van der Waals surface area (Å²) in [6.07, 6.45) is -0.0456. The Morgan fingerprint density at radius 2 is 1.88 bits per heavy atom. The average molecular weight is 352 g/mol. The molecule has 1 unspecified atom stereocenters. The molecular weight excluding hydrogens is 343 g/mol. The molecule has 1 atom stereocenters. The SMILES string of the molecule is OC(Cc1sccc1Br)c1cc(Cl)cc(Cl)c1. The van der Waals surface area contributed by atoms with Crippen molar-refractivity contribution in [1.29, 1.82) is 0 Å². The minimum absolute atomic E-state index is 0.539. The molecule has 0 spiro atoms. The van der Waals surface area contributed by atoms with Gasteiger partial charge in [0.2, 0.25) is 0 Å². The third-order valence-electron chi connectivity index (χ3n) is 2.34. The van der Waals surface area contributed by atoms with Gasteiger partial charge >= 0.3 is 0 Å². The fraction of sp³-hybridized carbons (Fsp3) is 0.167. The van der Waals surface area contributed by atoms with Crippen LogP contribution in [0.4, 0.5) is 0 Å². The van der Waals surface area contributed by atoms with E-state index in [1.807, 2.05) is 11.4 Å². The van der Waals surface area contributed by atoms with E-state index in [1.54, 1.807) is 29.5 Å². The highest BCUT2D eigenvalue weighted by atomic mass is 79.9. The lowest BCUT2D eigenvalue weighted by molar-refractivity contribution is 0.179. The molecule has 0 saturated carbocycles. The minimum atomic E-state index is -0.596. The third-order valence-corrected chi connectivity index (χ3v) is 4.72. The van der Waals surface area contributed by atoms with Gasteiger partial charge in [-0.2, -0.15) is 0 Å². The van der Waals surface area contributed by atoms with E-state index in [0.717, 1.165) is 14.9 Å². The molecule has 90 valence electrons. The van der Waals surface area contributed by atoms with Crippen molar-refractivity contribution in [3.8, 4) is 0 Å².